The summed E-state index contributed by atoms with van der Waals surface area (Å²) in [7, 11) is 0. The molecule has 0 aliphatic rings. The zero-order valence-electron chi connectivity index (χ0n) is 45.4. The number of aliphatic hydroxyl groups is 2. The van der Waals surface area contributed by atoms with E-state index < -0.39 is 12.1 Å². The number of nitrogens with one attached hydrogen (secondary N) is 1. The molecule has 0 aliphatic carbocycles. The van der Waals surface area contributed by atoms with Crippen LogP contribution in [0.4, 0.5) is 0 Å². The molecule has 0 aromatic carbocycles. The van der Waals surface area contributed by atoms with Crippen LogP contribution in [0, 0.1) is 0 Å². The maximum Gasteiger partial charge on any atom is 0.220 e. The molecule has 3 N–H and O–H groups in total. The van der Waals surface area contributed by atoms with Crippen molar-refractivity contribution in [2.45, 2.75) is 341 Å². The van der Waals surface area contributed by atoms with Crippen molar-refractivity contribution in [1.82, 2.24) is 5.32 Å². The molecule has 394 valence electrons. The number of rotatable bonds is 56. The lowest BCUT2D eigenvalue weighted by molar-refractivity contribution is -0.123. The first kappa shape index (κ1) is 65.3. The van der Waals surface area contributed by atoms with E-state index in [-0.39, 0.29) is 12.5 Å². The smallest absolute Gasteiger partial charge is 0.220 e. The summed E-state index contributed by atoms with van der Waals surface area (Å²) in [5, 5.41) is 23.1. The quantitative estimate of drug-likeness (QED) is 0.0420. The van der Waals surface area contributed by atoms with Crippen LogP contribution in [-0.2, 0) is 4.79 Å². The molecule has 67 heavy (non-hydrogen) atoms. The molecule has 4 nitrogen and oxygen atoms in total. The Morgan fingerprint density at radius 3 is 0.910 bits per heavy atom. The maximum atomic E-state index is 12.5. The SMILES string of the molecule is CCCCCCC/C=C\C/C=C\C/C=C\CCCCCCCCCCCCCCCCCCCCCCCCCCCCC(=O)NC(CO)C(O)/C=C/CCCCCCCCCCCCCC. The van der Waals surface area contributed by atoms with Crippen molar-refractivity contribution in [3.8, 4) is 0 Å². The van der Waals surface area contributed by atoms with Gasteiger partial charge in [0.1, 0.15) is 0 Å². The summed E-state index contributed by atoms with van der Waals surface area (Å²) < 4.78 is 0. The lowest BCUT2D eigenvalue weighted by Crippen LogP contribution is -2.45. The largest absolute Gasteiger partial charge is 0.394 e. The fraction of sp³-hybridized carbons (Fsp3) is 0.857. The van der Waals surface area contributed by atoms with Crippen LogP contribution in [0.15, 0.2) is 48.6 Å². The molecule has 1 amide bonds. The van der Waals surface area contributed by atoms with Gasteiger partial charge in [0.05, 0.1) is 18.8 Å². The van der Waals surface area contributed by atoms with Gasteiger partial charge < -0.3 is 15.5 Å². The molecule has 0 aliphatic heterocycles. The Hall–Kier alpha value is -1.65. The van der Waals surface area contributed by atoms with Crippen molar-refractivity contribution >= 4 is 5.91 Å². The number of allylic oxidation sites excluding steroid dienone is 7. The molecule has 0 spiro atoms. The molecule has 2 atom stereocenters. The number of hydrogen-bond donors (Lipinski definition) is 3. The number of carbonyl (C=O) groups excluding carboxylic acids is 1. The predicted molar refractivity (Wildman–Crippen MR) is 299 cm³/mol. The van der Waals surface area contributed by atoms with Gasteiger partial charge in [-0.2, -0.15) is 0 Å². The Labute approximate surface area is 420 Å². The van der Waals surface area contributed by atoms with Gasteiger partial charge in [0.2, 0.25) is 5.91 Å². The van der Waals surface area contributed by atoms with Crippen LogP contribution in [0.25, 0.3) is 0 Å². The zero-order valence-corrected chi connectivity index (χ0v) is 45.4. The van der Waals surface area contributed by atoms with E-state index in [2.05, 4.69) is 55.6 Å². The molecule has 0 rings (SSSR count). The number of amides is 1. The molecule has 0 radical (unpaired) electrons. The fourth-order valence-corrected chi connectivity index (χ4v) is 9.42. The molecule has 2 unspecified atom stereocenters. The minimum Gasteiger partial charge on any atom is -0.394 e. The summed E-state index contributed by atoms with van der Waals surface area (Å²) in [6, 6.07) is -0.620. The van der Waals surface area contributed by atoms with Crippen molar-refractivity contribution < 1.29 is 15.0 Å². The average Bonchev–Trinajstić information content (AvgIpc) is 3.33. The van der Waals surface area contributed by atoms with Crippen molar-refractivity contribution in [1.29, 1.82) is 0 Å². The summed E-state index contributed by atoms with van der Waals surface area (Å²) in [6.07, 6.45) is 81.6. The summed E-state index contributed by atoms with van der Waals surface area (Å²) >= 11 is 0. The number of aliphatic hydroxyl groups excluding tert-OH is 2. The highest BCUT2D eigenvalue weighted by Crippen LogP contribution is 2.18. The molecular weight excluding hydrogens is 819 g/mol. The molecule has 0 saturated heterocycles. The molecule has 0 fully saturated rings. The van der Waals surface area contributed by atoms with Gasteiger partial charge in [0.15, 0.2) is 0 Å². The molecule has 0 heterocycles. The minimum absolute atomic E-state index is 0.0590. The lowest BCUT2D eigenvalue weighted by Gasteiger charge is -2.20. The van der Waals surface area contributed by atoms with Crippen molar-refractivity contribution in [2.75, 3.05) is 6.61 Å². The summed E-state index contributed by atoms with van der Waals surface area (Å²) in [5.41, 5.74) is 0. The Balaban J connectivity index is 3.38. The monoisotopic (exact) mass is 938 g/mol. The van der Waals surface area contributed by atoms with E-state index in [1.165, 1.54) is 270 Å². The first-order chi connectivity index (χ1) is 33.2. The third kappa shape index (κ3) is 55.2. The Morgan fingerprint density at radius 2 is 0.612 bits per heavy atom. The van der Waals surface area contributed by atoms with E-state index in [9.17, 15) is 15.0 Å². The van der Waals surface area contributed by atoms with Gasteiger partial charge in [-0.25, -0.2) is 0 Å². The van der Waals surface area contributed by atoms with Crippen molar-refractivity contribution in [2.24, 2.45) is 0 Å². The first-order valence-corrected chi connectivity index (χ1v) is 30.4. The number of hydrogen-bond acceptors (Lipinski definition) is 3. The maximum absolute atomic E-state index is 12.5. The lowest BCUT2D eigenvalue weighted by atomic mass is 10.0. The van der Waals surface area contributed by atoms with E-state index in [1.54, 1.807) is 6.08 Å². The average molecular weight is 939 g/mol. The second-order valence-electron chi connectivity index (χ2n) is 20.8. The van der Waals surface area contributed by atoms with Crippen LogP contribution in [0.2, 0.25) is 0 Å². The second-order valence-corrected chi connectivity index (χ2v) is 20.8. The van der Waals surface area contributed by atoms with Crippen molar-refractivity contribution in [3.05, 3.63) is 48.6 Å². The standard InChI is InChI=1S/C63H119NO3/c1-3-5-7-9-11-13-15-17-19-20-21-22-23-24-25-26-27-28-29-30-31-32-33-34-35-36-37-38-39-40-41-42-43-44-45-47-49-51-53-55-57-59-63(67)64-61(60-65)62(66)58-56-54-52-50-48-46-18-16-14-12-10-8-6-4-2/h15,17,20-21,23-24,56,58,61-62,65-66H,3-14,16,18-19,22,25-55,57,59-60H2,1-2H3,(H,64,67)/b17-15-,21-20-,24-23-,58-56+. The van der Waals surface area contributed by atoms with Gasteiger partial charge in [0.25, 0.3) is 0 Å². The van der Waals surface area contributed by atoms with E-state index in [4.69, 9.17) is 0 Å². The van der Waals surface area contributed by atoms with Crippen LogP contribution < -0.4 is 5.32 Å². The van der Waals surface area contributed by atoms with Gasteiger partial charge >= 0.3 is 0 Å². The highest BCUT2D eigenvalue weighted by atomic mass is 16.3. The molecular formula is C63H119NO3. The second kappa shape index (κ2) is 58.7. The first-order valence-electron chi connectivity index (χ1n) is 30.4. The highest BCUT2D eigenvalue weighted by molar-refractivity contribution is 5.76. The zero-order chi connectivity index (χ0) is 48.5. The number of carbonyl (C=O) groups is 1. The minimum atomic E-state index is -0.837. The summed E-state index contributed by atoms with van der Waals surface area (Å²) in [5.74, 6) is -0.0590. The van der Waals surface area contributed by atoms with Crippen LogP contribution in [-0.4, -0.2) is 34.9 Å². The normalized spacial score (nSPS) is 13.1. The molecule has 0 saturated carbocycles. The third-order valence-electron chi connectivity index (χ3n) is 14.1. The number of unbranched alkanes of at least 4 members (excludes halogenated alkanes) is 43. The fourth-order valence-electron chi connectivity index (χ4n) is 9.42. The highest BCUT2D eigenvalue weighted by Gasteiger charge is 2.18. The molecule has 0 bridgehead atoms. The van der Waals surface area contributed by atoms with Crippen LogP contribution >= 0.6 is 0 Å². The van der Waals surface area contributed by atoms with E-state index in [1.807, 2.05) is 6.08 Å². The Kier molecular flexibility index (Phi) is 57.2. The van der Waals surface area contributed by atoms with Crippen LogP contribution in [0.1, 0.15) is 328 Å². The Morgan fingerprint density at radius 1 is 0.358 bits per heavy atom. The van der Waals surface area contributed by atoms with Gasteiger partial charge in [-0.15, -0.1) is 0 Å². The third-order valence-corrected chi connectivity index (χ3v) is 14.1. The predicted octanol–water partition coefficient (Wildman–Crippen LogP) is 20.2. The van der Waals surface area contributed by atoms with Gasteiger partial charge in [-0.05, 0) is 57.8 Å². The van der Waals surface area contributed by atoms with Crippen LogP contribution in [0.3, 0.4) is 0 Å². The molecule has 4 heteroatoms. The summed E-state index contributed by atoms with van der Waals surface area (Å²) in [6.45, 7) is 4.31. The van der Waals surface area contributed by atoms with Crippen LogP contribution in [0.5, 0.6) is 0 Å². The molecule has 0 aromatic rings. The topological polar surface area (TPSA) is 69.6 Å². The van der Waals surface area contributed by atoms with Crippen molar-refractivity contribution in [3.63, 3.8) is 0 Å². The van der Waals surface area contributed by atoms with Gasteiger partial charge in [-0.3, -0.25) is 4.79 Å². The Bertz CT molecular complexity index is 1060. The van der Waals surface area contributed by atoms with E-state index in [0.29, 0.717) is 6.42 Å². The summed E-state index contributed by atoms with van der Waals surface area (Å²) in [4.78, 5) is 12.5. The van der Waals surface area contributed by atoms with E-state index >= 15 is 0 Å². The molecule has 0 aromatic heterocycles. The van der Waals surface area contributed by atoms with E-state index in [0.717, 1.165) is 38.5 Å². The van der Waals surface area contributed by atoms with Gasteiger partial charge in [0, 0.05) is 6.42 Å². The van der Waals surface area contributed by atoms with Gasteiger partial charge in [-0.1, -0.05) is 313 Å².